The fourth-order valence-corrected chi connectivity index (χ4v) is 3.92. The number of benzene rings is 1. The van der Waals surface area contributed by atoms with Gasteiger partial charge in [0.05, 0.1) is 23.2 Å². The first-order valence-electron chi connectivity index (χ1n) is 8.07. The Morgan fingerprint density at radius 1 is 1.48 bits per heavy atom. The van der Waals surface area contributed by atoms with Crippen LogP contribution in [0, 0.1) is 0 Å². The Hall–Kier alpha value is -1.68. The standard InChI is InChI=1S/C16H24N2O6S/c1-11(10-23-2)18-25(21,22)13-5-6-15(14(8-13)16(19)20)17-9-12-4-3-7-24-12/h5-6,8,11-12,17-18H,3-4,7,9-10H2,1-2H3,(H,19,20)/t11-,12-/m1/s1. The lowest BCUT2D eigenvalue weighted by Gasteiger charge is -2.16. The maximum atomic E-state index is 12.4. The number of carboxylic acid groups (broad SMARTS) is 1. The predicted molar refractivity (Wildman–Crippen MR) is 92.5 cm³/mol. The van der Waals surface area contributed by atoms with E-state index in [1.54, 1.807) is 6.92 Å². The Morgan fingerprint density at radius 3 is 2.84 bits per heavy atom. The van der Waals surface area contributed by atoms with Gasteiger partial charge in [-0.25, -0.2) is 17.9 Å². The van der Waals surface area contributed by atoms with E-state index < -0.39 is 22.0 Å². The minimum absolute atomic E-state index is 0.0432. The summed E-state index contributed by atoms with van der Waals surface area (Å²) < 4.78 is 37.6. The summed E-state index contributed by atoms with van der Waals surface area (Å²) in [6.07, 6.45) is 1.95. The molecule has 2 atom stereocenters. The van der Waals surface area contributed by atoms with Crippen molar-refractivity contribution in [1.29, 1.82) is 0 Å². The molecule has 0 aromatic heterocycles. The summed E-state index contributed by atoms with van der Waals surface area (Å²) >= 11 is 0. The van der Waals surface area contributed by atoms with E-state index in [9.17, 15) is 18.3 Å². The number of carbonyl (C=O) groups is 1. The molecular weight excluding hydrogens is 348 g/mol. The maximum Gasteiger partial charge on any atom is 0.337 e. The van der Waals surface area contributed by atoms with Crippen LogP contribution in [-0.2, 0) is 19.5 Å². The Morgan fingerprint density at radius 2 is 2.24 bits per heavy atom. The Labute approximate surface area is 147 Å². The van der Waals surface area contributed by atoms with E-state index in [1.165, 1.54) is 19.2 Å². The first kappa shape index (κ1) is 19.6. The summed E-state index contributed by atoms with van der Waals surface area (Å²) in [7, 11) is -2.36. The van der Waals surface area contributed by atoms with Gasteiger partial charge >= 0.3 is 5.97 Å². The lowest BCUT2D eigenvalue weighted by Crippen LogP contribution is -2.35. The van der Waals surface area contributed by atoms with Gasteiger partial charge in [0.25, 0.3) is 0 Å². The molecule has 0 saturated carbocycles. The summed E-state index contributed by atoms with van der Waals surface area (Å²) in [5, 5.41) is 12.4. The first-order chi connectivity index (χ1) is 11.8. The molecule has 0 spiro atoms. The summed E-state index contributed by atoms with van der Waals surface area (Å²) in [6.45, 7) is 3.07. The van der Waals surface area contributed by atoms with Crippen molar-refractivity contribution in [2.45, 2.75) is 36.8 Å². The molecule has 0 bridgehead atoms. The van der Waals surface area contributed by atoms with Crippen molar-refractivity contribution in [2.24, 2.45) is 0 Å². The quantitative estimate of drug-likeness (QED) is 0.598. The highest BCUT2D eigenvalue weighted by Crippen LogP contribution is 2.22. The Kier molecular flexibility index (Phi) is 6.77. The van der Waals surface area contributed by atoms with E-state index in [2.05, 4.69) is 10.0 Å². The lowest BCUT2D eigenvalue weighted by atomic mass is 10.1. The molecule has 1 fully saturated rings. The van der Waals surface area contributed by atoms with E-state index in [-0.39, 0.29) is 23.2 Å². The second-order valence-electron chi connectivity index (χ2n) is 6.01. The smallest absolute Gasteiger partial charge is 0.337 e. The van der Waals surface area contributed by atoms with E-state index >= 15 is 0 Å². The minimum atomic E-state index is -3.83. The molecule has 0 unspecified atom stereocenters. The molecule has 1 heterocycles. The monoisotopic (exact) mass is 372 g/mol. The van der Waals surface area contributed by atoms with E-state index in [0.717, 1.165) is 18.9 Å². The van der Waals surface area contributed by atoms with E-state index in [4.69, 9.17) is 9.47 Å². The van der Waals surface area contributed by atoms with Gasteiger partial charge in [0, 0.05) is 32.0 Å². The summed E-state index contributed by atoms with van der Waals surface area (Å²) in [5.74, 6) is -1.20. The average Bonchev–Trinajstić information content (AvgIpc) is 3.05. The summed E-state index contributed by atoms with van der Waals surface area (Å²) in [5.41, 5.74) is 0.271. The second-order valence-corrected chi connectivity index (χ2v) is 7.72. The SMILES string of the molecule is COC[C@@H](C)NS(=O)(=O)c1ccc(NC[C@H]2CCCO2)c(C(=O)O)c1. The largest absolute Gasteiger partial charge is 0.478 e. The molecule has 1 aromatic rings. The molecule has 0 aliphatic carbocycles. The molecule has 0 amide bonds. The van der Waals surface area contributed by atoms with Crippen LogP contribution < -0.4 is 10.0 Å². The molecule has 8 nitrogen and oxygen atoms in total. The maximum absolute atomic E-state index is 12.4. The summed E-state index contributed by atoms with van der Waals surface area (Å²) in [6, 6.07) is 3.57. The van der Waals surface area contributed by atoms with Crippen LogP contribution in [0.4, 0.5) is 5.69 Å². The predicted octanol–water partition coefficient (Wildman–Crippen LogP) is 1.29. The van der Waals surface area contributed by atoms with Crippen LogP contribution in [0.3, 0.4) is 0 Å². The van der Waals surface area contributed by atoms with Gasteiger partial charge in [0.1, 0.15) is 0 Å². The van der Waals surface area contributed by atoms with Crippen molar-refractivity contribution >= 4 is 21.7 Å². The van der Waals surface area contributed by atoms with Crippen LogP contribution in [0.15, 0.2) is 23.1 Å². The molecule has 1 aliphatic heterocycles. The zero-order valence-corrected chi connectivity index (χ0v) is 15.1. The fraction of sp³-hybridized carbons (Fsp3) is 0.562. The molecule has 2 rings (SSSR count). The Balaban J connectivity index is 2.17. The number of methoxy groups -OCH3 is 1. The molecule has 3 N–H and O–H groups in total. The minimum Gasteiger partial charge on any atom is -0.478 e. The van der Waals surface area contributed by atoms with Crippen LogP contribution in [0.2, 0.25) is 0 Å². The fourth-order valence-electron chi connectivity index (χ4n) is 2.67. The number of sulfonamides is 1. The molecule has 25 heavy (non-hydrogen) atoms. The van der Waals surface area contributed by atoms with Gasteiger partial charge in [-0.2, -0.15) is 0 Å². The number of hydrogen-bond acceptors (Lipinski definition) is 6. The van der Waals surface area contributed by atoms with Gasteiger partial charge in [-0.15, -0.1) is 0 Å². The number of hydrogen-bond donors (Lipinski definition) is 3. The normalized spacial score (nSPS) is 18.9. The van der Waals surface area contributed by atoms with Crippen molar-refractivity contribution < 1.29 is 27.8 Å². The van der Waals surface area contributed by atoms with Crippen molar-refractivity contribution in [1.82, 2.24) is 4.72 Å². The van der Waals surface area contributed by atoms with Gasteiger partial charge in [-0.05, 0) is 38.0 Å². The highest BCUT2D eigenvalue weighted by atomic mass is 32.2. The third kappa shape index (κ3) is 5.40. The number of ether oxygens (including phenoxy) is 2. The molecular formula is C16H24N2O6S. The lowest BCUT2D eigenvalue weighted by molar-refractivity contribution is 0.0697. The van der Waals surface area contributed by atoms with Crippen LogP contribution in [0.1, 0.15) is 30.1 Å². The van der Waals surface area contributed by atoms with Gasteiger partial charge in [0.15, 0.2) is 0 Å². The topological polar surface area (TPSA) is 114 Å². The van der Waals surface area contributed by atoms with Gasteiger partial charge in [-0.1, -0.05) is 0 Å². The zero-order chi connectivity index (χ0) is 18.4. The molecule has 0 radical (unpaired) electrons. The number of anilines is 1. The van der Waals surface area contributed by atoms with Crippen LogP contribution in [0.5, 0.6) is 0 Å². The third-order valence-electron chi connectivity index (χ3n) is 3.85. The van der Waals surface area contributed by atoms with Crippen LogP contribution in [0.25, 0.3) is 0 Å². The average molecular weight is 372 g/mol. The van der Waals surface area contributed by atoms with Gasteiger partial charge in [0.2, 0.25) is 10.0 Å². The molecule has 9 heteroatoms. The van der Waals surface area contributed by atoms with Crippen molar-refractivity contribution in [2.75, 3.05) is 32.2 Å². The molecule has 140 valence electrons. The highest BCUT2D eigenvalue weighted by Gasteiger charge is 2.22. The third-order valence-corrected chi connectivity index (χ3v) is 5.44. The molecule has 1 aromatic carbocycles. The first-order valence-corrected chi connectivity index (χ1v) is 9.56. The van der Waals surface area contributed by atoms with Crippen LogP contribution in [-0.4, -0.2) is 58.5 Å². The number of carboxylic acids is 1. The highest BCUT2D eigenvalue weighted by molar-refractivity contribution is 7.89. The number of rotatable bonds is 9. The van der Waals surface area contributed by atoms with E-state index in [0.29, 0.717) is 18.8 Å². The number of nitrogens with one attached hydrogen (secondary N) is 2. The van der Waals surface area contributed by atoms with Gasteiger partial charge in [-0.3, -0.25) is 0 Å². The Bertz CT molecular complexity index is 701. The van der Waals surface area contributed by atoms with Crippen molar-refractivity contribution in [3.05, 3.63) is 23.8 Å². The molecule has 1 saturated heterocycles. The van der Waals surface area contributed by atoms with Crippen LogP contribution >= 0.6 is 0 Å². The molecule has 1 aliphatic rings. The van der Waals surface area contributed by atoms with Gasteiger partial charge < -0.3 is 19.9 Å². The number of aromatic carboxylic acids is 1. The van der Waals surface area contributed by atoms with Crippen molar-refractivity contribution in [3.8, 4) is 0 Å². The van der Waals surface area contributed by atoms with E-state index in [1.807, 2.05) is 0 Å². The van der Waals surface area contributed by atoms with Crippen molar-refractivity contribution in [3.63, 3.8) is 0 Å². The zero-order valence-electron chi connectivity index (χ0n) is 14.3. The second kappa shape index (κ2) is 8.61. The summed E-state index contributed by atoms with van der Waals surface area (Å²) in [4.78, 5) is 11.4.